The lowest BCUT2D eigenvalue weighted by atomic mass is 10.1. The first-order valence-electron chi connectivity index (χ1n) is 5.87. The first kappa shape index (κ1) is 13.6. The Labute approximate surface area is 119 Å². The Morgan fingerprint density at radius 3 is 2.72 bits per heavy atom. The van der Waals surface area contributed by atoms with Crippen molar-refractivity contribution in [3.63, 3.8) is 0 Å². The molecule has 0 aliphatic heterocycles. The van der Waals surface area contributed by atoms with E-state index in [0.29, 0.717) is 11.0 Å². The Kier molecular flexibility index (Phi) is 4.78. The minimum Gasteiger partial charge on any atom is -0.364 e. The molecule has 0 unspecified atom stereocenters. The number of hydrogen-bond donors (Lipinski definition) is 0. The summed E-state index contributed by atoms with van der Waals surface area (Å²) in [6.07, 6.45) is 0. The first-order chi connectivity index (χ1) is 8.76. The van der Waals surface area contributed by atoms with Gasteiger partial charge in [-0.25, -0.2) is 4.39 Å². The maximum absolute atomic E-state index is 14.0. The standard InChI is InChI=1S/C14H15BrFNS/c1-2-17(10-12-6-4-8-18-12)14-11(9-15)5-3-7-13(14)16/h3-8H,2,9-10H2,1H3. The highest BCUT2D eigenvalue weighted by atomic mass is 79.9. The van der Waals surface area contributed by atoms with E-state index in [1.54, 1.807) is 17.4 Å². The first-order valence-corrected chi connectivity index (χ1v) is 7.87. The van der Waals surface area contributed by atoms with Crippen molar-refractivity contribution in [1.82, 2.24) is 0 Å². The van der Waals surface area contributed by atoms with E-state index in [4.69, 9.17) is 0 Å². The highest BCUT2D eigenvalue weighted by Gasteiger charge is 2.14. The molecule has 0 amide bonds. The number of hydrogen-bond acceptors (Lipinski definition) is 2. The van der Waals surface area contributed by atoms with Crippen LogP contribution in [0.5, 0.6) is 0 Å². The normalized spacial score (nSPS) is 10.6. The lowest BCUT2D eigenvalue weighted by Crippen LogP contribution is -2.23. The summed E-state index contributed by atoms with van der Waals surface area (Å²) in [6.45, 7) is 3.60. The molecule has 0 saturated carbocycles. The molecule has 0 aliphatic rings. The fraction of sp³-hybridized carbons (Fsp3) is 0.286. The molecule has 0 fully saturated rings. The van der Waals surface area contributed by atoms with Crippen LogP contribution < -0.4 is 4.90 Å². The zero-order valence-corrected chi connectivity index (χ0v) is 12.6. The van der Waals surface area contributed by atoms with Gasteiger partial charge in [-0.15, -0.1) is 11.3 Å². The molecule has 0 saturated heterocycles. The van der Waals surface area contributed by atoms with Gasteiger partial charge in [-0.3, -0.25) is 0 Å². The Hall–Kier alpha value is -0.870. The van der Waals surface area contributed by atoms with Gasteiger partial charge in [-0.1, -0.05) is 34.1 Å². The van der Waals surface area contributed by atoms with E-state index in [0.717, 1.165) is 18.7 Å². The Morgan fingerprint density at radius 2 is 2.11 bits per heavy atom. The van der Waals surface area contributed by atoms with E-state index < -0.39 is 0 Å². The number of halogens is 2. The van der Waals surface area contributed by atoms with Crippen molar-refractivity contribution in [2.45, 2.75) is 18.8 Å². The van der Waals surface area contributed by atoms with Crippen LogP contribution in [0.25, 0.3) is 0 Å². The van der Waals surface area contributed by atoms with Crippen LogP contribution in [0.1, 0.15) is 17.4 Å². The largest absolute Gasteiger partial charge is 0.364 e. The number of alkyl halides is 1. The molecule has 1 aromatic heterocycles. The van der Waals surface area contributed by atoms with E-state index in [1.165, 1.54) is 10.9 Å². The second-order valence-electron chi connectivity index (χ2n) is 3.97. The zero-order valence-electron chi connectivity index (χ0n) is 10.2. The third kappa shape index (κ3) is 2.93. The fourth-order valence-corrected chi connectivity index (χ4v) is 3.13. The molecule has 18 heavy (non-hydrogen) atoms. The third-order valence-electron chi connectivity index (χ3n) is 2.84. The number of benzene rings is 1. The highest BCUT2D eigenvalue weighted by molar-refractivity contribution is 9.08. The monoisotopic (exact) mass is 327 g/mol. The smallest absolute Gasteiger partial charge is 0.146 e. The summed E-state index contributed by atoms with van der Waals surface area (Å²) >= 11 is 5.13. The SMILES string of the molecule is CCN(Cc1cccs1)c1c(F)cccc1CBr. The van der Waals surface area contributed by atoms with Crippen LogP contribution in [-0.2, 0) is 11.9 Å². The van der Waals surface area contributed by atoms with Gasteiger partial charge in [0.15, 0.2) is 0 Å². The maximum atomic E-state index is 14.0. The molecular weight excluding hydrogens is 313 g/mol. The van der Waals surface area contributed by atoms with Crippen molar-refractivity contribution < 1.29 is 4.39 Å². The molecule has 0 aliphatic carbocycles. The van der Waals surface area contributed by atoms with Crippen molar-refractivity contribution in [2.24, 2.45) is 0 Å². The minimum atomic E-state index is -0.148. The molecule has 1 heterocycles. The second kappa shape index (κ2) is 6.34. The highest BCUT2D eigenvalue weighted by Crippen LogP contribution is 2.28. The average Bonchev–Trinajstić information content (AvgIpc) is 2.89. The molecular formula is C14H15BrFNS. The predicted octanol–water partition coefficient (Wildman–Crippen LogP) is 4.81. The van der Waals surface area contributed by atoms with E-state index >= 15 is 0 Å². The number of thiophene rings is 1. The van der Waals surface area contributed by atoms with Crippen LogP contribution in [0.2, 0.25) is 0 Å². The molecule has 2 rings (SSSR count). The second-order valence-corrected chi connectivity index (χ2v) is 5.57. The van der Waals surface area contributed by atoms with Gasteiger partial charge >= 0.3 is 0 Å². The molecule has 96 valence electrons. The Morgan fingerprint density at radius 1 is 1.28 bits per heavy atom. The van der Waals surface area contributed by atoms with Gasteiger partial charge in [0, 0.05) is 16.8 Å². The number of rotatable bonds is 5. The van der Waals surface area contributed by atoms with Crippen LogP contribution in [0.4, 0.5) is 10.1 Å². The lowest BCUT2D eigenvalue weighted by Gasteiger charge is -2.25. The predicted molar refractivity (Wildman–Crippen MR) is 80.1 cm³/mol. The summed E-state index contributed by atoms with van der Waals surface area (Å²) in [5, 5.41) is 2.72. The molecule has 0 bridgehead atoms. The van der Waals surface area contributed by atoms with Crippen molar-refractivity contribution >= 4 is 33.0 Å². The maximum Gasteiger partial charge on any atom is 0.146 e. The van der Waals surface area contributed by atoms with Gasteiger partial charge in [0.25, 0.3) is 0 Å². The molecule has 0 spiro atoms. The van der Waals surface area contributed by atoms with Crippen LogP contribution in [0.3, 0.4) is 0 Å². The Balaban J connectivity index is 2.32. The van der Waals surface area contributed by atoms with E-state index in [-0.39, 0.29) is 5.82 Å². The molecule has 1 aromatic carbocycles. The quantitative estimate of drug-likeness (QED) is 0.712. The summed E-state index contributed by atoms with van der Waals surface area (Å²) in [5.74, 6) is -0.148. The minimum absolute atomic E-state index is 0.148. The van der Waals surface area contributed by atoms with Gasteiger partial charge in [-0.05, 0) is 30.0 Å². The number of nitrogens with zero attached hydrogens (tertiary/aromatic N) is 1. The van der Waals surface area contributed by atoms with Crippen molar-refractivity contribution in [1.29, 1.82) is 0 Å². The molecule has 2 aromatic rings. The van der Waals surface area contributed by atoms with Crippen LogP contribution in [0, 0.1) is 5.82 Å². The topological polar surface area (TPSA) is 3.24 Å². The average molecular weight is 328 g/mol. The number of anilines is 1. The zero-order chi connectivity index (χ0) is 13.0. The van der Waals surface area contributed by atoms with Gasteiger partial charge in [-0.2, -0.15) is 0 Å². The fourth-order valence-electron chi connectivity index (χ4n) is 1.96. The molecule has 4 heteroatoms. The van der Waals surface area contributed by atoms with E-state index in [2.05, 4.69) is 39.2 Å². The van der Waals surface area contributed by atoms with Gasteiger partial charge < -0.3 is 4.90 Å². The summed E-state index contributed by atoms with van der Waals surface area (Å²) in [6, 6.07) is 9.36. The summed E-state index contributed by atoms with van der Waals surface area (Å²) in [7, 11) is 0. The third-order valence-corrected chi connectivity index (χ3v) is 4.30. The summed E-state index contributed by atoms with van der Waals surface area (Å²) < 4.78 is 14.0. The van der Waals surface area contributed by atoms with E-state index in [1.807, 2.05) is 12.1 Å². The van der Waals surface area contributed by atoms with Crippen LogP contribution >= 0.6 is 27.3 Å². The Bertz CT molecular complexity index is 499. The lowest BCUT2D eigenvalue weighted by molar-refractivity contribution is 0.616. The van der Waals surface area contributed by atoms with Crippen molar-refractivity contribution in [3.05, 3.63) is 52.0 Å². The number of para-hydroxylation sites is 1. The molecule has 1 nitrogen and oxygen atoms in total. The molecule has 0 radical (unpaired) electrons. The molecule has 0 N–H and O–H groups in total. The van der Waals surface area contributed by atoms with Gasteiger partial charge in [0.1, 0.15) is 5.82 Å². The van der Waals surface area contributed by atoms with Gasteiger partial charge in [0.05, 0.1) is 12.2 Å². The van der Waals surface area contributed by atoms with Crippen molar-refractivity contribution in [2.75, 3.05) is 11.4 Å². The summed E-state index contributed by atoms with van der Waals surface area (Å²) in [4.78, 5) is 3.33. The van der Waals surface area contributed by atoms with Gasteiger partial charge in [0.2, 0.25) is 0 Å². The van der Waals surface area contributed by atoms with E-state index in [9.17, 15) is 4.39 Å². The molecule has 0 atom stereocenters. The van der Waals surface area contributed by atoms with Crippen molar-refractivity contribution in [3.8, 4) is 0 Å². The van der Waals surface area contributed by atoms with Crippen LogP contribution in [-0.4, -0.2) is 6.54 Å². The summed E-state index contributed by atoms with van der Waals surface area (Å²) in [5.41, 5.74) is 1.71. The van der Waals surface area contributed by atoms with Crippen LogP contribution in [0.15, 0.2) is 35.7 Å².